The van der Waals surface area contributed by atoms with Crippen LogP contribution in [0.5, 0.6) is 0 Å². The Morgan fingerprint density at radius 2 is 2.06 bits per heavy atom. The minimum atomic E-state index is -0.402. The summed E-state index contributed by atoms with van der Waals surface area (Å²) in [6, 6.07) is 3.68. The van der Waals surface area contributed by atoms with E-state index in [1.807, 2.05) is 11.6 Å². The van der Waals surface area contributed by atoms with E-state index in [1.54, 1.807) is 6.07 Å². The maximum Gasteiger partial charge on any atom is 0.163 e. The molecular weight excluding hydrogens is 433 g/mol. The molecule has 1 aliphatic heterocycles. The normalized spacial score (nSPS) is 17.9. The number of aromatic nitrogens is 5. The topological polar surface area (TPSA) is 104 Å². The Hall–Kier alpha value is -3.77. The Labute approximate surface area is 195 Å². The molecule has 2 fully saturated rings. The minimum absolute atomic E-state index is 0.0698. The van der Waals surface area contributed by atoms with Crippen LogP contribution in [0.25, 0.3) is 21.9 Å². The smallest absolute Gasteiger partial charge is 0.163 e. The van der Waals surface area contributed by atoms with Gasteiger partial charge in [0.2, 0.25) is 0 Å². The van der Waals surface area contributed by atoms with Crippen molar-refractivity contribution in [1.82, 2.24) is 29.6 Å². The summed E-state index contributed by atoms with van der Waals surface area (Å²) >= 11 is 0. The van der Waals surface area contributed by atoms with Gasteiger partial charge in [0, 0.05) is 24.8 Å². The van der Waals surface area contributed by atoms with Gasteiger partial charge in [0.25, 0.3) is 0 Å². The number of fused-ring (bicyclic) bond motifs is 2. The van der Waals surface area contributed by atoms with Gasteiger partial charge >= 0.3 is 0 Å². The zero-order chi connectivity index (χ0) is 23.6. The highest BCUT2D eigenvalue weighted by atomic mass is 19.1. The first-order valence-corrected chi connectivity index (χ1v) is 11.5. The lowest BCUT2D eigenvalue weighted by molar-refractivity contribution is 0.101. The summed E-state index contributed by atoms with van der Waals surface area (Å²) in [5.74, 6) is 6.55. The summed E-state index contributed by atoms with van der Waals surface area (Å²) in [6.45, 7) is 5.04. The average molecular weight is 458 g/mol. The van der Waals surface area contributed by atoms with Gasteiger partial charge in [-0.2, -0.15) is 5.10 Å². The lowest BCUT2D eigenvalue weighted by Gasteiger charge is -2.12. The maximum atomic E-state index is 15.1. The first-order chi connectivity index (χ1) is 16.4. The van der Waals surface area contributed by atoms with E-state index in [-0.39, 0.29) is 23.2 Å². The molecule has 1 atom stereocenters. The SMILES string of the molecule is CC(=O)c1cnc(N)c2c(C#Cc3cc4nc(C)n(C5CC5)c4cc3F)nn(C3CCNC3)c12. The Balaban J connectivity index is 1.51. The first-order valence-electron chi connectivity index (χ1n) is 11.5. The molecule has 0 radical (unpaired) electrons. The third-order valence-electron chi connectivity index (χ3n) is 6.70. The van der Waals surface area contributed by atoms with Gasteiger partial charge in [-0.05, 0) is 51.6 Å². The van der Waals surface area contributed by atoms with Gasteiger partial charge in [-0.25, -0.2) is 14.4 Å². The van der Waals surface area contributed by atoms with Crippen molar-refractivity contribution in [2.45, 2.75) is 45.2 Å². The molecule has 3 N–H and O–H groups in total. The van der Waals surface area contributed by atoms with Crippen LogP contribution >= 0.6 is 0 Å². The number of rotatable bonds is 3. The summed E-state index contributed by atoms with van der Waals surface area (Å²) in [5.41, 5.74) is 9.45. The number of carbonyl (C=O) groups is 1. The fourth-order valence-corrected chi connectivity index (χ4v) is 4.90. The molecule has 3 aromatic heterocycles. The van der Waals surface area contributed by atoms with Gasteiger partial charge < -0.3 is 15.6 Å². The van der Waals surface area contributed by atoms with Gasteiger partial charge in [-0.15, -0.1) is 0 Å². The molecule has 34 heavy (non-hydrogen) atoms. The Morgan fingerprint density at radius 3 is 2.76 bits per heavy atom. The number of anilines is 1. The van der Waals surface area contributed by atoms with Gasteiger partial charge in [0.05, 0.1) is 39.1 Å². The number of pyridine rings is 1. The lowest BCUT2D eigenvalue weighted by atomic mass is 10.1. The van der Waals surface area contributed by atoms with Crippen LogP contribution in [0.4, 0.5) is 10.2 Å². The van der Waals surface area contributed by atoms with Crippen molar-refractivity contribution in [3.63, 3.8) is 0 Å². The largest absolute Gasteiger partial charge is 0.383 e. The molecule has 1 saturated heterocycles. The summed E-state index contributed by atoms with van der Waals surface area (Å²) < 4.78 is 19.0. The number of carbonyl (C=O) groups excluding carboxylic acids is 1. The molecule has 2 aliphatic rings. The number of hydrogen-bond donors (Lipinski definition) is 2. The molecule has 0 bridgehead atoms. The second kappa shape index (κ2) is 7.64. The fraction of sp³-hybridized carbons (Fsp3) is 0.360. The monoisotopic (exact) mass is 457 g/mol. The van der Waals surface area contributed by atoms with E-state index in [9.17, 15) is 4.79 Å². The number of nitrogens with two attached hydrogens (primary N) is 1. The van der Waals surface area contributed by atoms with E-state index in [2.05, 4.69) is 31.7 Å². The van der Waals surface area contributed by atoms with Crippen LogP contribution in [0.2, 0.25) is 0 Å². The highest BCUT2D eigenvalue weighted by molar-refractivity contribution is 6.09. The number of imidazole rings is 1. The fourth-order valence-electron chi connectivity index (χ4n) is 4.90. The number of nitrogens with one attached hydrogen (secondary N) is 1. The van der Waals surface area contributed by atoms with Crippen LogP contribution in [-0.4, -0.2) is 43.2 Å². The number of benzene rings is 1. The van der Waals surface area contributed by atoms with E-state index in [0.717, 1.165) is 49.2 Å². The zero-order valence-electron chi connectivity index (χ0n) is 19.0. The molecule has 4 aromatic rings. The van der Waals surface area contributed by atoms with Crippen molar-refractivity contribution in [1.29, 1.82) is 0 Å². The van der Waals surface area contributed by atoms with Crippen molar-refractivity contribution in [2.75, 3.05) is 18.8 Å². The van der Waals surface area contributed by atoms with Crippen molar-refractivity contribution >= 4 is 33.5 Å². The van der Waals surface area contributed by atoms with Crippen LogP contribution in [0, 0.1) is 24.6 Å². The second-order valence-corrected chi connectivity index (χ2v) is 9.11. The molecular formula is C25H24FN7O. The predicted octanol–water partition coefficient (Wildman–Crippen LogP) is 3.28. The van der Waals surface area contributed by atoms with Crippen LogP contribution in [0.3, 0.4) is 0 Å². The number of aryl methyl sites for hydroxylation is 1. The number of Topliss-reactive ketones (excluding diaryl/α,β-unsaturated/α-hetero) is 1. The van der Waals surface area contributed by atoms with Gasteiger partial charge in [0.1, 0.15) is 23.2 Å². The van der Waals surface area contributed by atoms with Gasteiger partial charge in [-0.1, -0.05) is 5.92 Å². The highest BCUT2D eigenvalue weighted by Crippen LogP contribution is 2.39. The zero-order valence-corrected chi connectivity index (χ0v) is 19.0. The molecule has 1 unspecified atom stereocenters. The van der Waals surface area contributed by atoms with E-state index < -0.39 is 5.82 Å². The average Bonchev–Trinajstić information content (AvgIpc) is 3.20. The number of ketones is 1. The van der Waals surface area contributed by atoms with Crippen LogP contribution < -0.4 is 11.1 Å². The first kappa shape index (κ1) is 20.8. The van der Waals surface area contributed by atoms with E-state index in [0.29, 0.717) is 28.2 Å². The minimum Gasteiger partial charge on any atom is -0.383 e. The van der Waals surface area contributed by atoms with Crippen LogP contribution in [-0.2, 0) is 0 Å². The van der Waals surface area contributed by atoms with Crippen molar-refractivity contribution < 1.29 is 9.18 Å². The Bertz CT molecular complexity index is 1540. The van der Waals surface area contributed by atoms with E-state index in [4.69, 9.17) is 10.8 Å². The summed E-state index contributed by atoms with van der Waals surface area (Å²) in [7, 11) is 0. The van der Waals surface area contributed by atoms with Gasteiger partial charge in [-0.3, -0.25) is 9.48 Å². The second-order valence-electron chi connectivity index (χ2n) is 9.11. The lowest BCUT2D eigenvalue weighted by Crippen LogP contribution is -2.15. The predicted molar refractivity (Wildman–Crippen MR) is 127 cm³/mol. The molecule has 6 rings (SSSR count). The van der Waals surface area contributed by atoms with Crippen LogP contribution in [0.15, 0.2) is 18.3 Å². The molecule has 172 valence electrons. The number of halogens is 1. The third kappa shape index (κ3) is 3.25. The standard InChI is InChI=1S/C25H24FN7O/c1-13(34)18-12-29-25(27)23-20(31-33(24(18)23)17-7-8-28-11-17)6-3-15-9-21-22(10-19(15)26)32(14(2)30-21)16-4-5-16/h9-10,12,16-17,28H,4-5,7-8,11H2,1-2H3,(H2,27,29). The molecule has 1 aromatic carbocycles. The molecule has 8 nitrogen and oxygen atoms in total. The van der Waals surface area contributed by atoms with Crippen LogP contribution in [0.1, 0.15) is 65.7 Å². The quantitative estimate of drug-likeness (QED) is 0.362. The molecule has 0 amide bonds. The van der Waals surface area contributed by atoms with Crippen molar-refractivity contribution in [2.24, 2.45) is 0 Å². The van der Waals surface area contributed by atoms with E-state index in [1.165, 1.54) is 19.2 Å². The van der Waals surface area contributed by atoms with E-state index >= 15 is 4.39 Å². The number of nitrogens with zero attached hydrogens (tertiary/aromatic N) is 5. The summed E-state index contributed by atoms with van der Waals surface area (Å²) in [5, 5.41) is 8.57. The Kier molecular flexibility index (Phi) is 4.67. The highest BCUT2D eigenvalue weighted by Gasteiger charge is 2.28. The Morgan fingerprint density at radius 1 is 1.24 bits per heavy atom. The van der Waals surface area contributed by atoms with Gasteiger partial charge in [0.15, 0.2) is 5.78 Å². The third-order valence-corrected chi connectivity index (χ3v) is 6.70. The van der Waals surface area contributed by atoms with Crippen molar-refractivity contribution in [3.8, 4) is 11.8 Å². The van der Waals surface area contributed by atoms with Crippen molar-refractivity contribution in [3.05, 3.63) is 46.8 Å². The summed E-state index contributed by atoms with van der Waals surface area (Å²) in [4.78, 5) is 21.2. The molecule has 4 heterocycles. The number of hydrogen-bond acceptors (Lipinski definition) is 6. The molecule has 9 heteroatoms. The molecule has 1 aliphatic carbocycles. The molecule has 0 spiro atoms. The maximum absolute atomic E-state index is 15.1. The molecule has 1 saturated carbocycles. The summed E-state index contributed by atoms with van der Waals surface area (Å²) in [6.07, 6.45) is 4.56. The number of nitrogen functional groups attached to an aromatic ring is 1.